The van der Waals surface area contributed by atoms with Gasteiger partial charge in [0.15, 0.2) is 5.96 Å². The number of aliphatic imine (C=N–C) groups is 1. The van der Waals surface area contributed by atoms with Crippen molar-refractivity contribution in [3.63, 3.8) is 0 Å². The molecular formula is C22H34N6O2. The Morgan fingerprint density at radius 2 is 1.77 bits per heavy atom. The van der Waals surface area contributed by atoms with Crippen LogP contribution in [-0.2, 0) is 9.53 Å². The van der Waals surface area contributed by atoms with E-state index in [0.29, 0.717) is 12.6 Å². The number of nitrogens with one attached hydrogen (secondary N) is 1. The zero-order chi connectivity index (χ0) is 20.8. The van der Waals surface area contributed by atoms with Gasteiger partial charge in [-0.2, -0.15) is 0 Å². The van der Waals surface area contributed by atoms with Crippen LogP contribution >= 0.6 is 0 Å². The number of benzene rings is 1. The Balaban J connectivity index is 1.21. The van der Waals surface area contributed by atoms with Gasteiger partial charge in [-0.1, -0.05) is 18.2 Å². The molecule has 0 spiro atoms. The predicted octanol–water partition coefficient (Wildman–Crippen LogP) is 0.317. The largest absolute Gasteiger partial charge is 0.379 e. The number of hydrogen-bond donors (Lipinski definition) is 1. The van der Waals surface area contributed by atoms with Crippen LogP contribution in [0.3, 0.4) is 0 Å². The average Bonchev–Trinajstić information content (AvgIpc) is 3.31. The lowest BCUT2D eigenvalue weighted by Crippen LogP contribution is -2.52. The zero-order valence-electron chi connectivity index (χ0n) is 18.0. The average molecular weight is 415 g/mol. The molecule has 1 N–H and O–H groups in total. The zero-order valence-corrected chi connectivity index (χ0v) is 18.0. The summed E-state index contributed by atoms with van der Waals surface area (Å²) >= 11 is 0. The summed E-state index contributed by atoms with van der Waals surface area (Å²) in [6.45, 7) is 9.19. The molecule has 3 heterocycles. The van der Waals surface area contributed by atoms with Crippen LogP contribution in [0.5, 0.6) is 0 Å². The molecule has 30 heavy (non-hydrogen) atoms. The molecule has 1 amide bonds. The number of anilines is 1. The van der Waals surface area contributed by atoms with Gasteiger partial charge in [0.25, 0.3) is 0 Å². The molecule has 8 heteroatoms. The van der Waals surface area contributed by atoms with Gasteiger partial charge in [-0.3, -0.25) is 14.7 Å². The quantitative estimate of drug-likeness (QED) is 0.566. The SMILES string of the molecule is CN=C(NCC(=O)N1CCN(c2ccccc2)CC1)N1CCC(N2CCOCC2)C1. The Labute approximate surface area is 179 Å². The molecule has 0 saturated carbocycles. The van der Waals surface area contributed by atoms with Gasteiger partial charge in [-0.05, 0) is 18.6 Å². The maximum absolute atomic E-state index is 12.7. The Morgan fingerprint density at radius 3 is 2.47 bits per heavy atom. The van der Waals surface area contributed by atoms with Gasteiger partial charge in [0, 0.05) is 71.1 Å². The highest BCUT2D eigenvalue weighted by molar-refractivity contribution is 5.86. The number of ether oxygens (including phenoxy) is 1. The topological polar surface area (TPSA) is 63.7 Å². The number of para-hydroxylation sites is 1. The first-order valence-corrected chi connectivity index (χ1v) is 11.1. The first-order chi connectivity index (χ1) is 14.7. The maximum Gasteiger partial charge on any atom is 0.242 e. The van der Waals surface area contributed by atoms with Crippen LogP contribution < -0.4 is 10.2 Å². The van der Waals surface area contributed by atoms with E-state index in [1.807, 2.05) is 11.0 Å². The summed E-state index contributed by atoms with van der Waals surface area (Å²) in [5, 5.41) is 3.30. The predicted molar refractivity (Wildman–Crippen MR) is 119 cm³/mol. The second kappa shape index (κ2) is 10.1. The van der Waals surface area contributed by atoms with Crippen molar-refractivity contribution < 1.29 is 9.53 Å². The first-order valence-electron chi connectivity index (χ1n) is 11.1. The van der Waals surface area contributed by atoms with Crippen molar-refractivity contribution >= 4 is 17.6 Å². The third-order valence-electron chi connectivity index (χ3n) is 6.39. The first kappa shape index (κ1) is 20.9. The van der Waals surface area contributed by atoms with Crippen molar-refractivity contribution in [2.24, 2.45) is 4.99 Å². The fourth-order valence-electron chi connectivity index (χ4n) is 4.63. The second-order valence-electron chi connectivity index (χ2n) is 8.14. The number of hydrogen-bond acceptors (Lipinski definition) is 5. The number of morpholine rings is 1. The monoisotopic (exact) mass is 414 g/mol. The van der Waals surface area contributed by atoms with E-state index in [1.165, 1.54) is 5.69 Å². The fraction of sp³-hybridized carbons (Fsp3) is 0.636. The van der Waals surface area contributed by atoms with E-state index in [1.54, 1.807) is 7.05 Å². The maximum atomic E-state index is 12.7. The molecular weight excluding hydrogens is 380 g/mol. The number of piperazine rings is 1. The summed E-state index contributed by atoms with van der Waals surface area (Å²) in [4.78, 5) is 26.3. The van der Waals surface area contributed by atoms with E-state index in [9.17, 15) is 4.79 Å². The van der Waals surface area contributed by atoms with Crippen molar-refractivity contribution in [2.45, 2.75) is 12.5 Å². The van der Waals surface area contributed by atoms with Crippen molar-refractivity contribution in [3.05, 3.63) is 30.3 Å². The van der Waals surface area contributed by atoms with E-state index in [0.717, 1.165) is 78.0 Å². The molecule has 3 aliphatic heterocycles. The smallest absolute Gasteiger partial charge is 0.242 e. The molecule has 3 saturated heterocycles. The molecule has 1 atom stereocenters. The molecule has 3 fully saturated rings. The number of carbonyl (C=O) groups excluding carboxylic acids is 1. The van der Waals surface area contributed by atoms with Crippen LogP contribution in [0.15, 0.2) is 35.3 Å². The molecule has 164 valence electrons. The summed E-state index contributed by atoms with van der Waals surface area (Å²) < 4.78 is 5.47. The number of likely N-dealkylation sites (tertiary alicyclic amines) is 1. The highest BCUT2D eigenvalue weighted by atomic mass is 16.5. The standard InChI is InChI=1S/C22H34N6O2/c1-23-22(28-8-7-20(18-28)26-13-15-30-16-14-26)24-17-21(29)27-11-9-25(10-12-27)19-5-3-2-4-6-19/h2-6,20H,7-18H2,1H3,(H,23,24). The fourth-order valence-corrected chi connectivity index (χ4v) is 4.63. The van der Waals surface area contributed by atoms with Crippen LogP contribution in [0.25, 0.3) is 0 Å². The van der Waals surface area contributed by atoms with Gasteiger partial charge >= 0.3 is 0 Å². The van der Waals surface area contributed by atoms with Gasteiger partial charge < -0.3 is 24.8 Å². The van der Waals surface area contributed by atoms with Crippen LogP contribution in [0, 0.1) is 0 Å². The molecule has 0 aromatic heterocycles. The molecule has 1 aromatic carbocycles. The Morgan fingerprint density at radius 1 is 1.03 bits per heavy atom. The Hall–Kier alpha value is -2.32. The van der Waals surface area contributed by atoms with Gasteiger partial charge in [0.1, 0.15) is 0 Å². The van der Waals surface area contributed by atoms with E-state index in [4.69, 9.17) is 4.74 Å². The van der Waals surface area contributed by atoms with E-state index >= 15 is 0 Å². The molecule has 0 aliphatic carbocycles. The van der Waals surface area contributed by atoms with Crippen LogP contribution in [-0.4, -0.2) is 112 Å². The second-order valence-corrected chi connectivity index (χ2v) is 8.14. The molecule has 1 unspecified atom stereocenters. The lowest BCUT2D eigenvalue weighted by atomic mass is 10.2. The lowest BCUT2D eigenvalue weighted by Gasteiger charge is -2.36. The minimum atomic E-state index is 0.146. The number of rotatable bonds is 4. The summed E-state index contributed by atoms with van der Waals surface area (Å²) in [5.41, 5.74) is 1.23. The Kier molecular flexibility index (Phi) is 7.07. The van der Waals surface area contributed by atoms with Gasteiger partial charge in [0.05, 0.1) is 19.8 Å². The van der Waals surface area contributed by atoms with Crippen molar-refractivity contribution in [2.75, 3.05) is 84.1 Å². The lowest BCUT2D eigenvalue weighted by molar-refractivity contribution is -0.130. The van der Waals surface area contributed by atoms with E-state index in [2.05, 4.69) is 49.3 Å². The number of guanidine groups is 1. The third-order valence-corrected chi connectivity index (χ3v) is 6.39. The molecule has 8 nitrogen and oxygen atoms in total. The van der Waals surface area contributed by atoms with Gasteiger partial charge in [0.2, 0.25) is 5.91 Å². The van der Waals surface area contributed by atoms with Crippen molar-refractivity contribution in [1.29, 1.82) is 0 Å². The third kappa shape index (κ3) is 5.05. The summed E-state index contributed by atoms with van der Waals surface area (Å²) in [7, 11) is 1.80. The number of carbonyl (C=O) groups is 1. The van der Waals surface area contributed by atoms with Crippen molar-refractivity contribution in [1.82, 2.24) is 20.0 Å². The Bertz CT molecular complexity index is 714. The highest BCUT2D eigenvalue weighted by Crippen LogP contribution is 2.17. The van der Waals surface area contributed by atoms with Crippen LogP contribution in [0.1, 0.15) is 6.42 Å². The van der Waals surface area contributed by atoms with Gasteiger partial charge in [-0.25, -0.2) is 0 Å². The van der Waals surface area contributed by atoms with Crippen molar-refractivity contribution in [3.8, 4) is 0 Å². The summed E-state index contributed by atoms with van der Waals surface area (Å²) in [5.74, 6) is 0.981. The summed E-state index contributed by atoms with van der Waals surface area (Å²) in [6, 6.07) is 11.0. The molecule has 1 aromatic rings. The van der Waals surface area contributed by atoms with Crippen LogP contribution in [0.4, 0.5) is 5.69 Å². The number of amides is 1. The molecule has 0 bridgehead atoms. The van der Waals surface area contributed by atoms with E-state index < -0.39 is 0 Å². The van der Waals surface area contributed by atoms with Crippen LogP contribution in [0.2, 0.25) is 0 Å². The minimum absolute atomic E-state index is 0.146. The molecule has 4 rings (SSSR count). The molecule has 0 radical (unpaired) electrons. The molecule has 3 aliphatic rings. The van der Waals surface area contributed by atoms with Gasteiger partial charge in [-0.15, -0.1) is 0 Å². The van der Waals surface area contributed by atoms with E-state index in [-0.39, 0.29) is 5.91 Å². The normalized spacial score (nSPS) is 23.7. The summed E-state index contributed by atoms with van der Waals surface area (Å²) in [6.07, 6.45) is 1.14. The number of nitrogens with zero attached hydrogens (tertiary/aromatic N) is 5. The highest BCUT2D eigenvalue weighted by Gasteiger charge is 2.30. The minimum Gasteiger partial charge on any atom is -0.379 e.